The molecule has 4 rings (SSSR count). The van der Waals surface area contributed by atoms with Gasteiger partial charge in [-0.1, -0.05) is 18.2 Å². The fraction of sp³-hybridized carbons (Fsp3) is 0.391. The summed E-state index contributed by atoms with van der Waals surface area (Å²) < 4.78 is 11.7. The Morgan fingerprint density at radius 1 is 1.42 bits per heavy atom. The molecule has 1 aliphatic rings. The van der Waals surface area contributed by atoms with Gasteiger partial charge in [-0.05, 0) is 24.6 Å². The van der Waals surface area contributed by atoms with Crippen LogP contribution in [0.3, 0.4) is 0 Å². The number of pyridine rings is 1. The highest BCUT2D eigenvalue weighted by molar-refractivity contribution is 7.20. The van der Waals surface area contributed by atoms with Crippen molar-refractivity contribution < 1.29 is 19.4 Å². The monoisotopic (exact) mass is 441 g/mol. The highest BCUT2D eigenvalue weighted by atomic mass is 32.1. The zero-order valence-corrected chi connectivity index (χ0v) is 18.6. The largest absolute Gasteiger partial charge is 0.496 e. The third kappa shape index (κ3) is 4.72. The van der Waals surface area contributed by atoms with E-state index in [0.717, 1.165) is 45.7 Å². The number of benzene rings is 1. The Hall–Kier alpha value is -2.52. The zero-order chi connectivity index (χ0) is 21.8. The quantitative estimate of drug-likeness (QED) is 0.587. The number of hydrogen-bond acceptors (Lipinski definition) is 7. The van der Waals surface area contributed by atoms with Gasteiger partial charge in [0.05, 0.1) is 26.4 Å². The molecule has 7 nitrogen and oxygen atoms in total. The summed E-state index contributed by atoms with van der Waals surface area (Å²) in [6.45, 7) is 4.96. The molecule has 0 spiro atoms. The van der Waals surface area contributed by atoms with Crippen molar-refractivity contribution in [2.45, 2.75) is 19.6 Å². The van der Waals surface area contributed by atoms with Gasteiger partial charge >= 0.3 is 0 Å². The van der Waals surface area contributed by atoms with Crippen molar-refractivity contribution in [3.8, 4) is 5.75 Å². The topological polar surface area (TPSA) is 83.9 Å². The zero-order valence-electron chi connectivity index (χ0n) is 17.8. The second-order valence-corrected chi connectivity index (χ2v) is 8.59. The van der Waals surface area contributed by atoms with Gasteiger partial charge < -0.3 is 19.9 Å². The molecule has 3 aromatic rings. The number of methoxy groups -OCH3 is 1. The summed E-state index contributed by atoms with van der Waals surface area (Å²) in [5.41, 5.74) is 3.17. The van der Waals surface area contributed by atoms with E-state index in [2.05, 4.69) is 40.3 Å². The van der Waals surface area contributed by atoms with E-state index in [9.17, 15) is 4.79 Å². The van der Waals surface area contributed by atoms with Gasteiger partial charge in [0.2, 0.25) is 0 Å². The number of aromatic nitrogens is 1. The molecule has 0 radical (unpaired) electrons. The lowest BCUT2D eigenvalue weighted by Gasteiger charge is -2.33. The number of nitrogens with one attached hydrogen (secondary N) is 1. The van der Waals surface area contributed by atoms with Gasteiger partial charge in [0.1, 0.15) is 15.5 Å². The number of rotatable bonds is 7. The van der Waals surface area contributed by atoms with Crippen molar-refractivity contribution in [2.75, 3.05) is 40.0 Å². The molecule has 2 N–H and O–H groups in total. The molecular formula is C23H27N3O4S. The molecule has 1 aliphatic heterocycles. The first-order chi connectivity index (χ1) is 15.1. The minimum Gasteiger partial charge on any atom is -0.496 e. The van der Waals surface area contributed by atoms with Crippen LogP contribution in [-0.2, 0) is 11.3 Å². The Bertz CT molecular complexity index is 1070. The summed E-state index contributed by atoms with van der Waals surface area (Å²) in [6.07, 6.45) is 1.49. The molecule has 3 heterocycles. The van der Waals surface area contributed by atoms with Crippen LogP contribution in [0.1, 0.15) is 32.5 Å². The Kier molecular flexibility index (Phi) is 6.82. The Morgan fingerprint density at radius 2 is 2.29 bits per heavy atom. The van der Waals surface area contributed by atoms with Gasteiger partial charge in [0.15, 0.2) is 0 Å². The first-order valence-electron chi connectivity index (χ1n) is 10.3. The first kappa shape index (κ1) is 21.7. The van der Waals surface area contributed by atoms with Crippen molar-refractivity contribution in [1.82, 2.24) is 15.2 Å². The Labute approximate surface area is 185 Å². The number of fused-ring (bicyclic) bond motifs is 1. The van der Waals surface area contributed by atoms with Crippen LogP contribution >= 0.6 is 11.3 Å². The molecule has 1 unspecified atom stereocenters. The molecule has 1 aromatic carbocycles. The summed E-state index contributed by atoms with van der Waals surface area (Å²) in [5, 5.41) is 12.8. The van der Waals surface area contributed by atoms with Crippen molar-refractivity contribution in [3.05, 3.63) is 58.1 Å². The summed E-state index contributed by atoms with van der Waals surface area (Å²) in [5.74, 6) is 0.685. The maximum Gasteiger partial charge on any atom is 0.261 e. The van der Waals surface area contributed by atoms with Gasteiger partial charge in [-0.3, -0.25) is 9.69 Å². The lowest BCUT2D eigenvalue weighted by molar-refractivity contribution is -0.0324. The number of hydrogen-bond donors (Lipinski definition) is 2. The van der Waals surface area contributed by atoms with E-state index in [1.165, 1.54) is 11.3 Å². The average molecular weight is 442 g/mol. The van der Waals surface area contributed by atoms with Crippen molar-refractivity contribution in [3.63, 3.8) is 0 Å². The molecule has 2 aromatic heterocycles. The van der Waals surface area contributed by atoms with Crippen molar-refractivity contribution in [2.24, 2.45) is 0 Å². The summed E-state index contributed by atoms with van der Waals surface area (Å²) in [4.78, 5) is 21.0. The van der Waals surface area contributed by atoms with E-state index in [4.69, 9.17) is 14.6 Å². The third-order valence-corrected chi connectivity index (χ3v) is 6.55. The number of nitrogens with zero attached hydrogens (tertiary/aromatic N) is 2. The van der Waals surface area contributed by atoms with Gasteiger partial charge in [0, 0.05) is 48.9 Å². The molecule has 0 bridgehead atoms. The molecule has 31 heavy (non-hydrogen) atoms. The maximum absolute atomic E-state index is 12.8. The molecule has 164 valence electrons. The first-order valence-corrected chi connectivity index (χ1v) is 11.2. The molecule has 1 amide bonds. The fourth-order valence-electron chi connectivity index (χ4n) is 3.93. The van der Waals surface area contributed by atoms with Gasteiger partial charge in [-0.2, -0.15) is 0 Å². The van der Waals surface area contributed by atoms with Gasteiger partial charge in [-0.15, -0.1) is 11.3 Å². The number of carbonyl (C=O) groups excluding carboxylic acids is 1. The average Bonchev–Trinajstić information content (AvgIpc) is 3.18. The SMILES string of the molecule is COc1cc(C)ccc1CN1CCOC(c2c(C(=O)NCCO)sc3ncccc23)C1. The predicted molar refractivity (Wildman–Crippen MR) is 121 cm³/mol. The smallest absolute Gasteiger partial charge is 0.261 e. The van der Waals surface area contributed by atoms with E-state index >= 15 is 0 Å². The Morgan fingerprint density at radius 3 is 3.10 bits per heavy atom. The van der Waals surface area contributed by atoms with Crippen LogP contribution in [0.4, 0.5) is 0 Å². The van der Waals surface area contributed by atoms with Crippen LogP contribution in [0.15, 0.2) is 36.5 Å². The highest BCUT2D eigenvalue weighted by Gasteiger charge is 2.30. The normalized spacial score (nSPS) is 17.1. The van der Waals surface area contributed by atoms with Crippen LogP contribution in [-0.4, -0.2) is 60.9 Å². The van der Waals surface area contributed by atoms with E-state index in [0.29, 0.717) is 18.0 Å². The van der Waals surface area contributed by atoms with Crippen molar-refractivity contribution >= 4 is 27.5 Å². The molecule has 8 heteroatoms. The number of aryl methyl sites for hydroxylation is 1. The second kappa shape index (κ2) is 9.74. The Balaban J connectivity index is 1.61. The summed E-state index contributed by atoms with van der Waals surface area (Å²) in [6, 6.07) is 10.1. The molecule has 1 atom stereocenters. The number of ether oxygens (including phenoxy) is 2. The lowest BCUT2D eigenvalue weighted by atomic mass is 10.0. The summed E-state index contributed by atoms with van der Waals surface area (Å²) in [7, 11) is 1.70. The number of aliphatic hydroxyl groups excluding tert-OH is 1. The van der Waals surface area contributed by atoms with E-state index < -0.39 is 0 Å². The van der Waals surface area contributed by atoms with Crippen LogP contribution in [0.2, 0.25) is 0 Å². The number of carbonyl (C=O) groups is 1. The van der Waals surface area contributed by atoms with E-state index in [1.54, 1.807) is 13.3 Å². The molecule has 0 aliphatic carbocycles. The molecule has 0 saturated carbocycles. The third-order valence-electron chi connectivity index (χ3n) is 5.42. The lowest BCUT2D eigenvalue weighted by Crippen LogP contribution is -2.38. The second-order valence-electron chi connectivity index (χ2n) is 7.59. The standard InChI is InChI=1S/C23H27N3O4S/c1-15-5-6-16(18(12-15)29-2)13-26-9-11-30-19(14-26)20-17-4-3-7-25-23(17)31-21(20)22(28)24-8-10-27/h3-7,12,19,27H,8-11,13-14H2,1-2H3,(H,24,28). The van der Waals surface area contributed by atoms with Crippen molar-refractivity contribution in [1.29, 1.82) is 0 Å². The van der Waals surface area contributed by atoms with Gasteiger partial charge in [-0.25, -0.2) is 4.98 Å². The molecule has 1 fully saturated rings. The summed E-state index contributed by atoms with van der Waals surface area (Å²) >= 11 is 1.37. The van der Waals surface area contributed by atoms with Crippen LogP contribution in [0.25, 0.3) is 10.2 Å². The number of morpholine rings is 1. The van der Waals surface area contributed by atoms with Gasteiger partial charge in [0.25, 0.3) is 5.91 Å². The number of aliphatic hydroxyl groups is 1. The minimum absolute atomic E-state index is 0.101. The fourth-order valence-corrected chi connectivity index (χ4v) is 5.04. The number of thiophene rings is 1. The van der Waals surface area contributed by atoms with E-state index in [1.807, 2.05) is 12.1 Å². The predicted octanol–water partition coefficient (Wildman–Crippen LogP) is 2.91. The highest BCUT2D eigenvalue weighted by Crippen LogP contribution is 2.37. The minimum atomic E-state index is -0.238. The molecule has 1 saturated heterocycles. The number of amides is 1. The van der Waals surface area contributed by atoms with E-state index in [-0.39, 0.29) is 25.2 Å². The van der Waals surface area contributed by atoms with Crippen LogP contribution in [0.5, 0.6) is 5.75 Å². The van der Waals surface area contributed by atoms with Crippen LogP contribution in [0, 0.1) is 6.92 Å². The maximum atomic E-state index is 12.8. The van der Waals surface area contributed by atoms with Crippen LogP contribution < -0.4 is 10.1 Å². The molecular weight excluding hydrogens is 414 g/mol.